The van der Waals surface area contributed by atoms with Crippen LogP contribution in [-0.4, -0.2) is 57.3 Å². The molecule has 1 saturated carbocycles. The number of nitrogens with two attached hydrogens (primary N) is 1. The lowest BCUT2D eigenvalue weighted by Gasteiger charge is -2.14. The Balaban J connectivity index is 0.000000168. The number of amides is 1. The highest BCUT2D eigenvalue weighted by atomic mass is 35.5. The number of Topliss-reactive ketones (excluding diaryl/α,β-unsaturated/α-hetero) is 1. The van der Waals surface area contributed by atoms with Gasteiger partial charge in [-0.3, -0.25) is 9.59 Å². The van der Waals surface area contributed by atoms with Crippen LogP contribution in [0.15, 0.2) is 54.9 Å². The van der Waals surface area contributed by atoms with E-state index in [2.05, 4.69) is 27.2 Å². The molecule has 2 aliphatic rings. The van der Waals surface area contributed by atoms with Gasteiger partial charge in [0, 0.05) is 5.56 Å². The van der Waals surface area contributed by atoms with Crippen molar-refractivity contribution in [2.45, 2.75) is 44.6 Å². The minimum atomic E-state index is -0.968. The van der Waals surface area contributed by atoms with Crippen LogP contribution in [0.2, 0.25) is 5.02 Å². The number of ether oxygens (including phenoxy) is 1. The van der Waals surface area contributed by atoms with E-state index in [4.69, 9.17) is 22.1 Å². The SMILES string of the molecule is Clc1cc(CCCN2CCCC2)ccc1OC1CC1.NC(=O)C(=O)c1ccc(-n2nccn2)cc1. The molecule has 0 unspecified atom stereocenters. The third kappa shape index (κ3) is 7.37. The van der Waals surface area contributed by atoms with Gasteiger partial charge in [0.25, 0.3) is 5.91 Å². The van der Waals surface area contributed by atoms with Crippen LogP contribution in [0.3, 0.4) is 0 Å². The van der Waals surface area contributed by atoms with Gasteiger partial charge < -0.3 is 15.4 Å². The molecule has 2 N–H and O–H groups in total. The summed E-state index contributed by atoms with van der Waals surface area (Å²) in [5, 5.41) is 8.62. The Morgan fingerprint density at radius 3 is 2.31 bits per heavy atom. The van der Waals surface area contributed by atoms with Crippen molar-refractivity contribution in [3.05, 3.63) is 71.0 Å². The van der Waals surface area contributed by atoms with Crippen LogP contribution >= 0.6 is 11.6 Å². The van der Waals surface area contributed by atoms with E-state index in [9.17, 15) is 9.59 Å². The van der Waals surface area contributed by atoms with Crippen molar-refractivity contribution in [3.63, 3.8) is 0 Å². The molecule has 3 aromatic rings. The molecule has 0 radical (unpaired) electrons. The maximum absolute atomic E-state index is 11.2. The Kier molecular flexibility index (Phi) is 8.50. The zero-order valence-electron chi connectivity index (χ0n) is 19.6. The summed E-state index contributed by atoms with van der Waals surface area (Å²) >= 11 is 6.27. The molecule has 1 aromatic heterocycles. The Hall–Kier alpha value is -3.23. The first-order chi connectivity index (χ1) is 17.0. The molecule has 5 rings (SSSR count). The summed E-state index contributed by atoms with van der Waals surface area (Å²) in [6, 6.07) is 12.5. The summed E-state index contributed by atoms with van der Waals surface area (Å²) in [6.07, 6.45) is 10.9. The lowest BCUT2D eigenvalue weighted by atomic mass is 10.1. The predicted molar refractivity (Wildman–Crippen MR) is 134 cm³/mol. The van der Waals surface area contributed by atoms with E-state index < -0.39 is 11.7 Å². The second-order valence-corrected chi connectivity index (χ2v) is 9.20. The molecule has 1 aliphatic heterocycles. The number of nitrogens with zero attached hydrogens (tertiary/aromatic N) is 4. The third-order valence-electron chi connectivity index (χ3n) is 5.96. The fraction of sp³-hybridized carbons (Fsp3) is 0.385. The fourth-order valence-electron chi connectivity index (χ4n) is 3.91. The zero-order valence-corrected chi connectivity index (χ0v) is 20.4. The average Bonchev–Trinajstić information content (AvgIpc) is 3.28. The standard InChI is InChI=1S/C16H22ClNO.C10H8N4O2/c17-15-12-13(4-3-11-18-9-1-2-10-18)5-8-16(15)19-14-6-7-14;11-10(16)9(15)7-1-3-8(4-2-7)14-12-5-6-13-14/h5,8,12,14H,1-4,6-7,9-11H2;1-6H,(H2,11,16). The Labute approximate surface area is 210 Å². The van der Waals surface area contributed by atoms with Crippen molar-refractivity contribution in [2.75, 3.05) is 19.6 Å². The number of carbonyl (C=O) groups is 2. The van der Waals surface area contributed by atoms with Crippen LogP contribution in [-0.2, 0) is 11.2 Å². The van der Waals surface area contributed by atoms with Crippen molar-refractivity contribution >= 4 is 23.3 Å². The van der Waals surface area contributed by atoms with Crippen molar-refractivity contribution in [2.24, 2.45) is 5.73 Å². The van der Waals surface area contributed by atoms with Crippen LogP contribution in [0.5, 0.6) is 5.75 Å². The van der Waals surface area contributed by atoms with Crippen LogP contribution in [0.25, 0.3) is 5.69 Å². The first-order valence-electron chi connectivity index (χ1n) is 12.0. The number of aryl methyl sites for hydroxylation is 1. The Morgan fingerprint density at radius 1 is 1.03 bits per heavy atom. The van der Waals surface area contributed by atoms with Crippen molar-refractivity contribution < 1.29 is 14.3 Å². The molecule has 2 fully saturated rings. The van der Waals surface area contributed by atoms with Gasteiger partial charge in [0.15, 0.2) is 0 Å². The second kappa shape index (κ2) is 12.0. The molecule has 0 spiro atoms. The van der Waals surface area contributed by atoms with E-state index in [-0.39, 0.29) is 5.56 Å². The number of aromatic nitrogens is 3. The summed E-state index contributed by atoms with van der Waals surface area (Å²) in [7, 11) is 0. The number of carbonyl (C=O) groups excluding carboxylic acids is 2. The quantitative estimate of drug-likeness (QED) is 0.357. The Bertz CT molecular complexity index is 1120. The predicted octanol–water partition coefficient (Wildman–Crippen LogP) is 3.84. The van der Waals surface area contributed by atoms with Gasteiger partial charge in [0.2, 0.25) is 5.78 Å². The van der Waals surface area contributed by atoms with E-state index in [1.54, 1.807) is 24.5 Å². The van der Waals surface area contributed by atoms with Crippen LogP contribution < -0.4 is 10.5 Å². The van der Waals surface area contributed by atoms with Gasteiger partial charge in [-0.05, 0) is 100 Å². The summed E-state index contributed by atoms with van der Waals surface area (Å²) in [6.45, 7) is 3.79. The molecule has 184 valence electrons. The number of primary amides is 1. The third-order valence-corrected chi connectivity index (χ3v) is 6.25. The number of hydrogen-bond acceptors (Lipinski definition) is 6. The molecule has 2 aromatic carbocycles. The lowest BCUT2D eigenvalue weighted by Crippen LogP contribution is -2.22. The summed E-state index contributed by atoms with van der Waals surface area (Å²) in [5.41, 5.74) is 7.16. The molecule has 9 heteroatoms. The summed E-state index contributed by atoms with van der Waals surface area (Å²) < 4.78 is 5.76. The minimum absolute atomic E-state index is 0.253. The van der Waals surface area contributed by atoms with E-state index in [0.29, 0.717) is 11.8 Å². The molecule has 1 amide bonds. The van der Waals surface area contributed by atoms with Crippen LogP contribution in [0, 0.1) is 0 Å². The molecule has 1 aliphatic carbocycles. The normalized spacial score (nSPS) is 15.3. The molecule has 8 nitrogen and oxygen atoms in total. The van der Waals surface area contributed by atoms with Crippen molar-refractivity contribution in [1.82, 2.24) is 19.9 Å². The van der Waals surface area contributed by atoms with E-state index in [0.717, 1.165) is 17.2 Å². The van der Waals surface area contributed by atoms with Gasteiger partial charge in [0.1, 0.15) is 5.75 Å². The summed E-state index contributed by atoms with van der Waals surface area (Å²) in [5.74, 6) is -0.822. The number of ketones is 1. The van der Waals surface area contributed by atoms with Gasteiger partial charge in [-0.1, -0.05) is 17.7 Å². The molecule has 0 bridgehead atoms. The first-order valence-corrected chi connectivity index (χ1v) is 12.4. The topological polar surface area (TPSA) is 103 Å². The van der Waals surface area contributed by atoms with Crippen LogP contribution in [0.1, 0.15) is 48.0 Å². The monoisotopic (exact) mass is 495 g/mol. The fourth-order valence-corrected chi connectivity index (χ4v) is 4.16. The Morgan fingerprint density at radius 2 is 1.71 bits per heavy atom. The van der Waals surface area contributed by atoms with E-state index >= 15 is 0 Å². The highest BCUT2D eigenvalue weighted by Gasteiger charge is 2.24. The molecule has 1 saturated heterocycles. The molecule has 2 heterocycles. The smallest absolute Gasteiger partial charge is 0.289 e. The maximum Gasteiger partial charge on any atom is 0.289 e. The highest BCUT2D eigenvalue weighted by molar-refractivity contribution is 6.42. The number of benzene rings is 2. The van der Waals surface area contributed by atoms with Crippen molar-refractivity contribution in [3.8, 4) is 11.4 Å². The summed E-state index contributed by atoms with van der Waals surface area (Å²) in [4.78, 5) is 25.8. The largest absolute Gasteiger partial charge is 0.489 e. The molecule has 0 atom stereocenters. The van der Waals surface area contributed by atoms with Gasteiger partial charge in [0.05, 0.1) is 29.2 Å². The number of halogens is 1. The number of rotatable bonds is 9. The van der Waals surface area contributed by atoms with Crippen LogP contribution in [0.4, 0.5) is 0 Å². The molecular formula is C26H30ClN5O3. The van der Waals surface area contributed by atoms with E-state index in [1.807, 2.05) is 6.07 Å². The molecule has 35 heavy (non-hydrogen) atoms. The van der Waals surface area contributed by atoms with Gasteiger partial charge >= 0.3 is 0 Å². The first kappa shape index (κ1) is 24.9. The second-order valence-electron chi connectivity index (χ2n) is 8.79. The van der Waals surface area contributed by atoms with E-state index in [1.165, 1.54) is 74.2 Å². The number of likely N-dealkylation sites (tertiary alicyclic amines) is 1. The average molecular weight is 496 g/mol. The highest BCUT2D eigenvalue weighted by Crippen LogP contribution is 2.32. The maximum atomic E-state index is 11.2. The van der Waals surface area contributed by atoms with Gasteiger partial charge in [-0.2, -0.15) is 15.0 Å². The van der Waals surface area contributed by atoms with Gasteiger partial charge in [-0.15, -0.1) is 0 Å². The molecular weight excluding hydrogens is 466 g/mol. The zero-order chi connectivity index (χ0) is 24.6. The van der Waals surface area contributed by atoms with Crippen molar-refractivity contribution in [1.29, 1.82) is 0 Å². The number of hydrogen-bond donors (Lipinski definition) is 1. The van der Waals surface area contributed by atoms with Gasteiger partial charge in [-0.25, -0.2) is 0 Å². The lowest BCUT2D eigenvalue weighted by molar-refractivity contribution is -0.114. The minimum Gasteiger partial charge on any atom is -0.489 e.